The summed E-state index contributed by atoms with van der Waals surface area (Å²) in [6, 6.07) is 62.2. The second-order valence-corrected chi connectivity index (χ2v) is 34.7. The molecule has 2 fully saturated rings. The third kappa shape index (κ3) is 24.9. The first-order valence-corrected chi connectivity index (χ1v) is 41.8. The fraction of sp³-hybridized carbons (Fsp3) is 0.268. The second kappa shape index (κ2) is 44.5. The van der Waals surface area contributed by atoms with Gasteiger partial charge >= 0.3 is 20.9 Å². The highest BCUT2D eigenvalue weighted by Crippen LogP contribution is 2.48. The van der Waals surface area contributed by atoms with Crippen molar-refractivity contribution in [1.29, 1.82) is 0 Å². The normalized spacial score (nSPS) is 13.4. The summed E-state index contributed by atoms with van der Waals surface area (Å²) in [5, 5.41) is 40.9. The monoisotopic (exact) mass is 1870 g/mol. The molecular weight excluding hydrogens is 1770 g/mol. The smallest absolute Gasteiger partial charge is 0.347 e. The van der Waals surface area contributed by atoms with Gasteiger partial charge in [-0.25, -0.2) is 13.7 Å². The molecule has 0 radical (unpaired) electrons. The molecule has 23 nitrogen and oxygen atoms in total. The van der Waals surface area contributed by atoms with Gasteiger partial charge in [0.1, 0.15) is 25.5 Å². The van der Waals surface area contributed by atoms with Crippen molar-refractivity contribution in [2.45, 2.75) is 94.7 Å². The van der Waals surface area contributed by atoms with Crippen LogP contribution < -0.4 is 38.9 Å². The van der Waals surface area contributed by atoms with E-state index in [0.29, 0.717) is 19.3 Å². The molecule has 6 aromatic heterocycles. The zero-order valence-corrected chi connectivity index (χ0v) is 73.3. The van der Waals surface area contributed by atoms with E-state index in [2.05, 4.69) is 143 Å². The number of rotatable bonds is 25. The topological polar surface area (TPSA) is 312 Å². The number of hydrogen-bond donors (Lipinski definition) is 6. The van der Waals surface area contributed by atoms with Crippen molar-refractivity contribution in [3.63, 3.8) is 0 Å². The van der Waals surface area contributed by atoms with Gasteiger partial charge in [-0.2, -0.15) is 13.7 Å². The Morgan fingerprint density at radius 3 is 1.00 bits per heavy atom. The molecule has 13 rings (SSSR count). The Hall–Kier alpha value is -7.84. The Bertz CT molecular complexity index is 4790. The molecule has 8 N–H and O–H groups in total. The third-order valence-electron chi connectivity index (χ3n) is 20.7. The van der Waals surface area contributed by atoms with E-state index in [9.17, 15) is 44.1 Å². The standard InChI is InChI=1S/C46H54N4O6P2.C18H15N4O7P.C18H22N2.3BrH.3ClH/c1-55-58(54,56-2)35-33-48-26-16-39(17-27-48)41-20-30-50(31-21-41)45-12-8-43(9-13-45)46(22-4-3-5-23-46)42-6-10-44(11-7-42)49-28-18-40(19-29-49)38-14-24-47(25-15-38)32-34-57(53,36-51)37-52;23-21(24)16-1-2-17(18(13-16)22(25)26)20-9-5-15(6-10-20)14-3-7-19(8-4-14)11-12-30(27,28)29;19-16-8-4-14(5-9-16)18(12-2-1-3-13-18)15-6-10-17(20)11-7-15;;;;;;/h6-21,24-31,51-52H,3-5,22-23,32-37H2,1-2H3;1-10,13H,11-12H2;4-11H,1-3,12-13,19-20H2;6*1H/q+4;;;;;;;;/p+2. The molecule has 11 aromatic rings. The van der Waals surface area contributed by atoms with Crippen LogP contribution in [-0.4, -0.2) is 75.2 Å². The van der Waals surface area contributed by atoms with E-state index in [-0.39, 0.29) is 135 Å². The maximum atomic E-state index is 12.4. The van der Waals surface area contributed by atoms with Gasteiger partial charge in [0, 0.05) is 146 Å². The second-order valence-electron chi connectivity index (χ2n) is 27.4. The van der Waals surface area contributed by atoms with Gasteiger partial charge in [0.15, 0.2) is 94.0 Å². The lowest BCUT2D eigenvalue weighted by atomic mass is 9.65. The minimum absolute atomic E-state index is 0. The first-order chi connectivity index (χ1) is 52.0. The lowest BCUT2D eigenvalue weighted by molar-refractivity contribution is -0.692. The summed E-state index contributed by atoms with van der Waals surface area (Å²) >= 11 is 0. The van der Waals surface area contributed by atoms with Crippen LogP contribution in [0, 0.1) is 20.2 Å². The number of aryl methyl sites for hydroxylation is 3. The first-order valence-electron chi connectivity index (χ1n) is 36.0. The van der Waals surface area contributed by atoms with E-state index in [0.717, 1.165) is 75.0 Å². The molecule has 0 spiro atoms. The quantitative estimate of drug-likeness (QED) is 0.0102. The Balaban J connectivity index is 0.000000346. The van der Waals surface area contributed by atoms with Gasteiger partial charge in [0.25, 0.3) is 11.4 Å². The van der Waals surface area contributed by atoms with E-state index in [1.807, 2.05) is 70.3 Å². The molecule has 5 aromatic carbocycles. The van der Waals surface area contributed by atoms with Crippen molar-refractivity contribution in [1.82, 2.24) is 0 Å². The minimum atomic E-state index is -4.06. The fourth-order valence-corrected chi connectivity index (χ4v) is 16.7. The summed E-state index contributed by atoms with van der Waals surface area (Å²) in [5.74, 6) is 0. The number of anilines is 2. The minimum Gasteiger partial charge on any atom is -0.399 e. The lowest BCUT2D eigenvalue weighted by Gasteiger charge is -2.38. The Labute approximate surface area is 714 Å². The number of hydrogen-bond acceptors (Lipinski definition) is 13. The zero-order valence-electron chi connectivity index (χ0n) is 63.0. The van der Waals surface area contributed by atoms with E-state index < -0.39 is 44.9 Å². The summed E-state index contributed by atoms with van der Waals surface area (Å²) in [4.78, 5) is 38.7. The molecule has 0 bridgehead atoms. The first kappa shape index (κ1) is 96.7. The summed E-state index contributed by atoms with van der Waals surface area (Å²) in [7, 11) is -7.21. The molecule has 606 valence electrons. The molecule has 2 aliphatic rings. The number of non-ortho nitro benzene ring substituents is 1. The van der Waals surface area contributed by atoms with Crippen LogP contribution in [0.3, 0.4) is 0 Å². The highest BCUT2D eigenvalue weighted by atomic mass is 79.9. The zero-order chi connectivity index (χ0) is 76.5. The predicted octanol–water partition coefficient (Wildman–Crippen LogP) is 16.2. The fourth-order valence-electron chi connectivity index (χ4n) is 14.3. The average molecular weight is 1870 g/mol. The summed E-state index contributed by atoms with van der Waals surface area (Å²) in [6.45, 7) is 1.20. The van der Waals surface area contributed by atoms with Crippen LogP contribution in [0.25, 0.3) is 50.4 Å². The molecule has 0 atom stereocenters. The van der Waals surface area contributed by atoms with E-state index in [4.69, 9.17) is 30.3 Å². The number of aliphatic hydroxyl groups is 2. The van der Waals surface area contributed by atoms with Crippen molar-refractivity contribution in [2.75, 3.05) is 56.9 Å². The molecule has 2 aliphatic carbocycles. The van der Waals surface area contributed by atoms with Crippen molar-refractivity contribution >= 4 is 133 Å². The van der Waals surface area contributed by atoms with Crippen LogP contribution in [-0.2, 0) is 53.2 Å². The van der Waals surface area contributed by atoms with Crippen LogP contribution in [0.15, 0.2) is 262 Å². The molecule has 2 saturated carbocycles. The summed E-state index contributed by atoms with van der Waals surface area (Å²) in [6.07, 6.45) is 34.5. The van der Waals surface area contributed by atoms with Gasteiger partial charge in [0.05, 0.1) is 28.7 Å². The van der Waals surface area contributed by atoms with Gasteiger partial charge < -0.3 is 45.1 Å². The molecule has 114 heavy (non-hydrogen) atoms. The van der Waals surface area contributed by atoms with Crippen LogP contribution >= 0.6 is 110 Å². The average Bonchev–Trinajstić information content (AvgIpc) is 0.770. The number of nitrogen functional groups attached to an aromatic ring is 2. The van der Waals surface area contributed by atoms with Crippen molar-refractivity contribution in [3.05, 3.63) is 305 Å². The van der Waals surface area contributed by atoms with Crippen molar-refractivity contribution in [2.24, 2.45) is 0 Å². The Kier molecular flexibility index (Phi) is 37.7. The molecule has 0 amide bonds. The van der Waals surface area contributed by atoms with Gasteiger partial charge in [0.2, 0.25) is 11.4 Å². The molecular formula is C82H99Br3Cl3N10O13P3+6. The van der Waals surface area contributed by atoms with Crippen LogP contribution in [0.4, 0.5) is 22.7 Å². The van der Waals surface area contributed by atoms with Crippen molar-refractivity contribution < 1.29 is 80.0 Å². The number of aliphatic hydroxyl groups excluding tert-OH is 2. The molecule has 0 aliphatic heterocycles. The van der Waals surface area contributed by atoms with Gasteiger partial charge in [-0.3, -0.25) is 29.4 Å². The van der Waals surface area contributed by atoms with E-state index in [1.165, 1.54) is 105 Å². The van der Waals surface area contributed by atoms with Gasteiger partial charge in [-0.05, 0) is 106 Å². The third-order valence-corrected chi connectivity index (χ3v) is 25.4. The van der Waals surface area contributed by atoms with Gasteiger partial charge in [-0.15, -0.1) is 88.2 Å². The Morgan fingerprint density at radius 1 is 0.404 bits per heavy atom. The summed E-state index contributed by atoms with van der Waals surface area (Å²) in [5.41, 5.74) is 26.7. The number of aromatic nitrogens is 6. The molecule has 0 unspecified atom stereocenters. The van der Waals surface area contributed by atoms with Crippen LogP contribution in [0.1, 0.15) is 86.5 Å². The SMILES string of the molecule is Br.Br.Br.COP(=O)(CC[n+]1ccc(-c2cc[n+](-c3ccc(C4(c5ccc(-[n+]6ccc(-c7cc[n+](CCP(=O)(CO)CO)cc7)cc6)cc5)CCCCC4)cc3)cc2)cc1)OC.Cl.Cl.Cl.Nc1ccc(C2(c3ccc(N)cc3)CCCCC2)cc1.O=[N+]([O-])c1ccc(-[n+]2ccc(-c3cc[n+](CCP(=O)(O)O)cc3)cc2)c([N+](=O)[O-])c1. The number of nitrogens with two attached hydrogens (primary N) is 2. The Morgan fingerprint density at radius 2 is 0.702 bits per heavy atom. The molecule has 32 heteroatoms. The molecule has 6 heterocycles. The van der Waals surface area contributed by atoms with Gasteiger partial charge in [-0.1, -0.05) is 87.1 Å². The largest absolute Gasteiger partial charge is 0.399 e. The number of nitrogens with zero attached hydrogens (tertiary/aromatic N) is 8. The number of halogens is 6. The van der Waals surface area contributed by atoms with Crippen LogP contribution in [0.5, 0.6) is 0 Å². The highest BCUT2D eigenvalue weighted by Gasteiger charge is 2.38. The highest BCUT2D eigenvalue weighted by molar-refractivity contribution is 8.93. The van der Waals surface area contributed by atoms with E-state index in [1.54, 1.807) is 53.6 Å². The van der Waals surface area contributed by atoms with Crippen molar-refractivity contribution in [3.8, 4) is 50.4 Å². The number of nitro benzene ring substituents is 2. The number of benzene rings is 5. The number of nitro groups is 2. The summed E-state index contributed by atoms with van der Waals surface area (Å²) < 4.78 is 57.2. The van der Waals surface area contributed by atoms with Crippen LogP contribution in [0.2, 0.25) is 0 Å². The predicted molar refractivity (Wildman–Crippen MR) is 466 cm³/mol. The molecule has 0 saturated heterocycles. The maximum Gasteiger partial charge on any atom is 0.347 e. The number of pyridine rings is 6. The van der Waals surface area contributed by atoms with E-state index >= 15 is 0 Å². The lowest BCUT2D eigenvalue weighted by Crippen LogP contribution is -2.34. The maximum absolute atomic E-state index is 12.4.